The first-order chi connectivity index (χ1) is 9.36. The van der Waals surface area contributed by atoms with Gasteiger partial charge in [0.2, 0.25) is 0 Å². The van der Waals surface area contributed by atoms with E-state index in [0.29, 0.717) is 19.1 Å². The van der Waals surface area contributed by atoms with Gasteiger partial charge in [0.25, 0.3) is 5.91 Å². The molecule has 4 nitrogen and oxygen atoms in total. The van der Waals surface area contributed by atoms with E-state index in [9.17, 15) is 4.79 Å². The molecule has 1 saturated heterocycles. The number of carbonyl (C=O) groups excluding carboxylic acids is 1. The molecule has 19 heavy (non-hydrogen) atoms. The lowest BCUT2D eigenvalue weighted by Gasteiger charge is -2.21. The van der Waals surface area contributed by atoms with Gasteiger partial charge in [0.05, 0.1) is 0 Å². The summed E-state index contributed by atoms with van der Waals surface area (Å²) in [6.07, 6.45) is 3.07. The van der Waals surface area contributed by atoms with E-state index < -0.39 is 0 Å². The van der Waals surface area contributed by atoms with Crippen LogP contribution in [0, 0.1) is 5.92 Å². The maximum Gasteiger partial charge on any atom is 0.252 e. The molecule has 106 valence electrons. The number of nitrogens with one attached hydrogen (secondary N) is 1. The van der Waals surface area contributed by atoms with Crippen LogP contribution in [0.4, 0.5) is 0 Å². The second-order valence-corrected chi connectivity index (χ2v) is 5.53. The Hall–Kier alpha value is -0.910. The first kappa shape index (κ1) is 14.5. The molecule has 1 aromatic rings. The van der Waals surface area contributed by atoms with E-state index in [0.717, 1.165) is 44.6 Å². The van der Waals surface area contributed by atoms with Gasteiger partial charge in [0.1, 0.15) is 0 Å². The molecule has 2 rings (SSSR count). The molecular weight excluding hydrogens is 262 g/mol. The molecule has 0 bridgehead atoms. The van der Waals surface area contributed by atoms with Crippen LogP contribution in [-0.4, -0.2) is 38.9 Å². The van der Waals surface area contributed by atoms with Crippen LogP contribution >= 0.6 is 11.3 Å². The van der Waals surface area contributed by atoms with Crippen molar-refractivity contribution in [3.8, 4) is 0 Å². The molecule has 0 radical (unpaired) electrons. The molecule has 0 atom stereocenters. The van der Waals surface area contributed by atoms with Crippen LogP contribution in [-0.2, 0) is 9.47 Å². The van der Waals surface area contributed by atoms with Crippen LogP contribution in [0.25, 0.3) is 0 Å². The molecule has 1 aliphatic heterocycles. The normalized spacial score (nSPS) is 16.4. The van der Waals surface area contributed by atoms with Gasteiger partial charge in [-0.2, -0.15) is 11.3 Å². The molecule has 0 spiro atoms. The average Bonchev–Trinajstić information content (AvgIpc) is 2.98. The molecule has 1 N–H and O–H groups in total. The lowest BCUT2D eigenvalue weighted by Crippen LogP contribution is -2.25. The Morgan fingerprint density at radius 1 is 1.47 bits per heavy atom. The van der Waals surface area contributed by atoms with E-state index in [1.165, 1.54) is 11.3 Å². The summed E-state index contributed by atoms with van der Waals surface area (Å²) in [5, 5.41) is 6.66. The van der Waals surface area contributed by atoms with Crippen LogP contribution in [0.1, 0.15) is 29.6 Å². The van der Waals surface area contributed by atoms with Crippen LogP contribution in [0.2, 0.25) is 0 Å². The molecule has 0 aromatic carbocycles. The summed E-state index contributed by atoms with van der Waals surface area (Å²) in [5.41, 5.74) is 0.744. The van der Waals surface area contributed by atoms with Gasteiger partial charge in [-0.25, -0.2) is 0 Å². The minimum atomic E-state index is 0.00526. The Bertz CT molecular complexity index is 361. The van der Waals surface area contributed by atoms with Crippen molar-refractivity contribution in [1.29, 1.82) is 0 Å². The lowest BCUT2D eigenvalue weighted by atomic mass is 10.0. The number of rotatable bonds is 7. The maximum absolute atomic E-state index is 11.6. The van der Waals surface area contributed by atoms with Gasteiger partial charge in [0, 0.05) is 43.9 Å². The van der Waals surface area contributed by atoms with E-state index in [2.05, 4.69) is 5.32 Å². The molecule has 2 heterocycles. The van der Waals surface area contributed by atoms with E-state index in [4.69, 9.17) is 9.47 Å². The monoisotopic (exact) mass is 283 g/mol. The average molecular weight is 283 g/mol. The van der Waals surface area contributed by atoms with Gasteiger partial charge in [-0.3, -0.25) is 4.79 Å². The predicted octanol–water partition coefficient (Wildman–Crippen LogP) is 2.31. The van der Waals surface area contributed by atoms with Gasteiger partial charge in [-0.1, -0.05) is 0 Å². The highest BCUT2D eigenvalue weighted by molar-refractivity contribution is 7.08. The quantitative estimate of drug-likeness (QED) is 0.781. The zero-order valence-electron chi connectivity index (χ0n) is 11.1. The summed E-state index contributed by atoms with van der Waals surface area (Å²) in [6, 6.07) is 1.83. The minimum absolute atomic E-state index is 0.00526. The zero-order chi connectivity index (χ0) is 13.3. The second-order valence-electron chi connectivity index (χ2n) is 4.75. The van der Waals surface area contributed by atoms with Crippen molar-refractivity contribution in [1.82, 2.24) is 5.32 Å². The van der Waals surface area contributed by atoms with Crippen molar-refractivity contribution >= 4 is 17.2 Å². The maximum atomic E-state index is 11.6. The first-order valence-electron chi connectivity index (χ1n) is 6.82. The fourth-order valence-electron chi connectivity index (χ4n) is 2.03. The lowest BCUT2D eigenvalue weighted by molar-refractivity contribution is 0.0202. The van der Waals surface area contributed by atoms with Crippen molar-refractivity contribution in [3.63, 3.8) is 0 Å². The summed E-state index contributed by atoms with van der Waals surface area (Å²) in [7, 11) is 0. The Kier molecular flexibility index (Phi) is 6.33. The predicted molar refractivity (Wildman–Crippen MR) is 75.6 cm³/mol. The molecule has 1 aromatic heterocycles. The Labute approximate surface area is 118 Å². The fraction of sp³-hybridized carbons (Fsp3) is 0.643. The van der Waals surface area contributed by atoms with Gasteiger partial charge < -0.3 is 14.8 Å². The van der Waals surface area contributed by atoms with Crippen molar-refractivity contribution < 1.29 is 14.3 Å². The minimum Gasteiger partial charge on any atom is -0.381 e. The largest absolute Gasteiger partial charge is 0.381 e. The first-order valence-corrected chi connectivity index (χ1v) is 7.76. The van der Waals surface area contributed by atoms with Crippen molar-refractivity contribution in [3.05, 3.63) is 22.4 Å². The van der Waals surface area contributed by atoms with Crippen molar-refractivity contribution in [2.75, 3.05) is 33.0 Å². The summed E-state index contributed by atoms with van der Waals surface area (Å²) in [4.78, 5) is 11.6. The summed E-state index contributed by atoms with van der Waals surface area (Å²) in [5.74, 6) is 0.653. The molecule has 0 aliphatic carbocycles. The SMILES string of the molecule is O=C(NCCCOCC1CCOCC1)c1ccsc1. The standard InChI is InChI=1S/C14H21NO3S/c16-14(13-4-9-19-11-13)15-5-1-6-18-10-12-2-7-17-8-3-12/h4,9,11-12H,1-3,5-8,10H2,(H,15,16). The zero-order valence-corrected chi connectivity index (χ0v) is 11.9. The van der Waals surface area contributed by atoms with Crippen LogP contribution < -0.4 is 5.32 Å². The molecule has 0 unspecified atom stereocenters. The Morgan fingerprint density at radius 3 is 3.05 bits per heavy atom. The number of hydrogen-bond acceptors (Lipinski definition) is 4. The van der Waals surface area contributed by atoms with Crippen molar-refractivity contribution in [2.45, 2.75) is 19.3 Å². The molecule has 0 saturated carbocycles. The summed E-state index contributed by atoms with van der Waals surface area (Å²) >= 11 is 1.54. The van der Waals surface area contributed by atoms with E-state index in [-0.39, 0.29) is 5.91 Å². The highest BCUT2D eigenvalue weighted by atomic mass is 32.1. The number of amides is 1. The summed E-state index contributed by atoms with van der Waals surface area (Å²) in [6.45, 7) is 3.93. The van der Waals surface area contributed by atoms with Crippen LogP contribution in [0.15, 0.2) is 16.8 Å². The number of thiophene rings is 1. The Balaban J connectivity index is 1.47. The third-order valence-electron chi connectivity index (χ3n) is 3.23. The number of hydrogen-bond donors (Lipinski definition) is 1. The molecule has 5 heteroatoms. The van der Waals surface area contributed by atoms with Gasteiger partial charge in [-0.05, 0) is 36.6 Å². The molecule has 1 aliphatic rings. The molecular formula is C14H21NO3S. The fourth-order valence-corrected chi connectivity index (χ4v) is 2.67. The van der Waals surface area contributed by atoms with E-state index in [1.807, 2.05) is 16.8 Å². The third kappa shape index (κ3) is 5.30. The smallest absolute Gasteiger partial charge is 0.252 e. The van der Waals surface area contributed by atoms with Gasteiger partial charge in [0.15, 0.2) is 0 Å². The van der Waals surface area contributed by atoms with Crippen LogP contribution in [0.5, 0.6) is 0 Å². The summed E-state index contributed by atoms with van der Waals surface area (Å²) < 4.78 is 10.9. The topological polar surface area (TPSA) is 47.6 Å². The third-order valence-corrected chi connectivity index (χ3v) is 3.91. The highest BCUT2D eigenvalue weighted by Gasteiger charge is 2.13. The van der Waals surface area contributed by atoms with Gasteiger partial charge in [-0.15, -0.1) is 0 Å². The number of carbonyl (C=O) groups is 1. The van der Waals surface area contributed by atoms with E-state index >= 15 is 0 Å². The van der Waals surface area contributed by atoms with E-state index in [1.54, 1.807) is 0 Å². The van der Waals surface area contributed by atoms with Crippen molar-refractivity contribution in [2.24, 2.45) is 5.92 Å². The molecule has 1 fully saturated rings. The highest BCUT2D eigenvalue weighted by Crippen LogP contribution is 2.14. The van der Waals surface area contributed by atoms with Gasteiger partial charge >= 0.3 is 0 Å². The van der Waals surface area contributed by atoms with Crippen LogP contribution in [0.3, 0.4) is 0 Å². The number of ether oxygens (including phenoxy) is 2. The molecule has 1 amide bonds. The Morgan fingerprint density at radius 2 is 2.32 bits per heavy atom. The second kappa shape index (κ2) is 8.30.